The lowest BCUT2D eigenvalue weighted by molar-refractivity contribution is -0.545. The van der Waals surface area contributed by atoms with E-state index in [1.54, 1.807) is 30.4 Å². The third-order valence-electron chi connectivity index (χ3n) is 4.43. The van der Waals surface area contributed by atoms with Crippen molar-refractivity contribution in [1.29, 1.82) is 0 Å². The second-order valence-electron chi connectivity index (χ2n) is 5.42. The summed E-state index contributed by atoms with van der Waals surface area (Å²) in [5, 5.41) is 11.8. The van der Waals surface area contributed by atoms with Crippen LogP contribution in [-0.4, -0.2) is 18.2 Å². The number of fused-ring (bicyclic) bond motifs is 1. The minimum atomic E-state index is -4.05. The normalized spacial score (nSPS) is 31.0. The molecule has 3 rings (SSSR count). The van der Waals surface area contributed by atoms with Crippen LogP contribution in [-0.2, 0) is 9.84 Å². The molecule has 0 aliphatic heterocycles. The van der Waals surface area contributed by atoms with Crippen molar-refractivity contribution >= 4 is 9.84 Å². The standard InChI is InChI=1S/C15H15NO4S/c17-16(18)15(11-10-12-6-4-5-9-14(12)15)21(19,20)13-7-2-1-3-8-13/h1-9,12,14H,10-11H2/t12-,14-,15-/m0/s1. The van der Waals surface area contributed by atoms with Crippen LogP contribution in [0.1, 0.15) is 12.8 Å². The maximum absolute atomic E-state index is 13.0. The van der Waals surface area contributed by atoms with E-state index in [9.17, 15) is 18.5 Å². The van der Waals surface area contributed by atoms with Crippen LogP contribution in [0, 0.1) is 22.0 Å². The van der Waals surface area contributed by atoms with E-state index in [2.05, 4.69) is 0 Å². The molecule has 0 N–H and O–H groups in total. The van der Waals surface area contributed by atoms with Crippen molar-refractivity contribution in [2.45, 2.75) is 22.6 Å². The molecule has 1 fully saturated rings. The average Bonchev–Trinajstić information content (AvgIpc) is 2.89. The Morgan fingerprint density at radius 1 is 1.14 bits per heavy atom. The van der Waals surface area contributed by atoms with Crippen LogP contribution in [0.15, 0.2) is 59.5 Å². The molecular formula is C15H15NO4S. The van der Waals surface area contributed by atoms with Crippen molar-refractivity contribution in [1.82, 2.24) is 0 Å². The van der Waals surface area contributed by atoms with Crippen LogP contribution in [0.3, 0.4) is 0 Å². The van der Waals surface area contributed by atoms with Crippen molar-refractivity contribution in [2.24, 2.45) is 11.8 Å². The fourth-order valence-corrected chi connectivity index (χ4v) is 5.50. The van der Waals surface area contributed by atoms with E-state index in [4.69, 9.17) is 0 Å². The van der Waals surface area contributed by atoms with Gasteiger partial charge in [-0.25, -0.2) is 8.42 Å². The molecule has 0 radical (unpaired) electrons. The average molecular weight is 305 g/mol. The molecule has 2 aliphatic rings. The van der Waals surface area contributed by atoms with Gasteiger partial charge in [0.2, 0.25) is 9.84 Å². The van der Waals surface area contributed by atoms with Crippen LogP contribution in [0.4, 0.5) is 0 Å². The Labute approximate surface area is 123 Å². The van der Waals surface area contributed by atoms with Gasteiger partial charge in [-0.15, -0.1) is 0 Å². The van der Waals surface area contributed by atoms with E-state index >= 15 is 0 Å². The number of hydrogen-bond acceptors (Lipinski definition) is 4. The van der Waals surface area contributed by atoms with Crippen molar-refractivity contribution in [2.75, 3.05) is 0 Å². The summed E-state index contributed by atoms with van der Waals surface area (Å²) in [5.41, 5.74) is 0. The molecule has 1 saturated carbocycles. The Bertz CT molecular complexity index is 723. The van der Waals surface area contributed by atoms with E-state index in [1.165, 1.54) is 12.1 Å². The summed E-state index contributed by atoms with van der Waals surface area (Å²) in [6.07, 6.45) is 7.62. The first-order valence-corrected chi connectivity index (χ1v) is 8.27. The summed E-state index contributed by atoms with van der Waals surface area (Å²) < 4.78 is 25.9. The number of nitro groups is 1. The predicted octanol–water partition coefficient (Wildman–Crippen LogP) is 2.59. The van der Waals surface area contributed by atoms with E-state index in [0.717, 1.165) is 0 Å². The third-order valence-corrected chi connectivity index (χ3v) is 6.88. The molecule has 0 spiro atoms. The van der Waals surface area contributed by atoms with Gasteiger partial charge in [-0.1, -0.05) is 42.5 Å². The van der Waals surface area contributed by atoms with Crippen molar-refractivity contribution in [3.05, 3.63) is 64.8 Å². The molecule has 1 aromatic rings. The van der Waals surface area contributed by atoms with Gasteiger partial charge in [0.1, 0.15) is 0 Å². The van der Waals surface area contributed by atoms with Crippen LogP contribution < -0.4 is 0 Å². The molecule has 2 aliphatic carbocycles. The molecule has 0 aromatic heterocycles. The van der Waals surface area contributed by atoms with Gasteiger partial charge in [0.05, 0.1) is 10.8 Å². The molecular weight excluding hydrogens is 290 g/mol. The van der Waals surface area contributed by atoms with Gasteiger partial charge in [0.15, 0.2) is 0 Å². The predicted molar refractivity (Wildman–Crippen MR) is 77.8 cm³/mol. The third kappa shape index (κ3) is 1.86. The zero-order valence-corrected chi connectivity index (χ0v) is 12.1. The first-order valence-electron chi connectivity index (χ1n) is 6.79. The molecule has 0 saturated heterocycles. The number of hydrogen-bond donors (Lipinski definition) is 0. The van der Waals surface area contributed by atoms with Crippen molar-refractivity contribution in [3.8, 4) is 0 Å². The monoisotopic (exact) mass is 305 g/mol. The molecule has 6 heteroatoms. The molecule has 0 amide bonds. The van der Waals surface area contributed by atoms with Crippen LogP contribution >= 0.6 is 0 Å². The van der Waals surface area contributed by atoms with E-state index in [1.807, 2.05) is 12.2 Å². The summed E-state index contributed by atoms with van der Waals surface area (Å²) in [5.74, 6) is -0.693. The van der Waals surface area contributed by atoms with E-state index < -0.39 is 25.5 Å². The summed E-state index contributed by atoms with van der Waals surface area (Å²) in [6, 6.07) is 7.72. The number of sulfone groups is 1. The number of benzene rings is 1. The fourth-order valence-electron chi connectivity index (χ4n) is 3.38. The van der Waals surface area contributed by atoms with Gasteiger partial charge in [0.25, 0.3) is 0 Å². The molecule has 5 nitrogen and oxygen atoms in total. The molecule has 0 bridgehead atoms. The van der Waals surface area contributed by atoms with Gasteiger partial charge in [0, 0.05) is 11.3 Å². The minimum Gasteiger partial charge on any atom is -0.263 e. The lowest BCUT2D eigenvalue weighted by Gasteiger charge is -2.27. The molecule has 1 aromatic carbocycles. The highest BCUT2D eigenvalue weighted by Crippen LogP contribution is 2.50. The fraction of sp³-hybridized carbons (Fsp3) is 0.333. The largest absolute Gasteiger partial charge is 0.330 e. The quantitative estimate of drug-likeness (QED) is 0.635. The van der Waals surface area contributed by atoms with E-state index in [0.29, 0.717) is 6.42 Å². The topological polar surface area (TPSA) is 77.3 Å². The first kappa shape index (κ1) is 14.0. The SMILES string of the molecule is O=[N+]([O-])[C@]1(S(=O)(=O)c2ccccc2)CC[C@@H]2C=CC=C[C@@H]21. The number of nitrogens with zero attached hydrogens (tertiary/aromatic N) is 1. The zero-order chi connectivity index (χ0) is 15.1. The highest BCUT2D eigenvalue weighted by Gasteiger charge is 2.66. The van der Waals surface area contributed by atoms with Crippen LogP contribution in [0.5, 0.6) is 0 Å². The highest BCUT2D eigenvalue weighted by atomic mass is 32.2. The van der Waals surface area contributed by atoms with Crippen LogP contribution in [0.25, 0.3) is 0 Å². The molecule has 3 atom stereocenters. The number of rotatable bonds is 3. The van der Waals surface area contributed by atoms with Gasteiger partial charge in [-0.05, 0) is 24.5 Å². The lowest BCUT2D eigenvalue weighted by Crippen LogP contribution is -2.49. The van der Waals surface area contributed by atoms with Crippen molar-refractivity contribution in [3.63, 3.8) is 0 Å². The summed E-state index contributed by atoms with van der Waals surface area (Å²) in [4.78, 5) is 9.23. The van der Waals surface area contributed by atoms with Gasteiger partial charge in [-0.3, -0.25) is 10.1 Å². The molecule has 0 unspecified atom stereocenters. The molecule has 110 valence electrons. The Morgan fingerprint density at radius 3 is 2.48 bits per heavy atom. The Hall–Kier alpha value is -1.95. The van der Waals surface area contributed by atoms with Crippen LogP contribution in [0.2, 0.25) is 0 Å². The molecule has 21 heavy (non-hydrogen) atoms. The van der Waals surface area contributed by atoms with Gasteiger partial charge in [-0.2, -0.15) is 0 Å². The smallest absolute Gasteiger partial charge is 0.263 e. The van der Waals surface area contributed by atoms with E-state index in [-0.39, 0.29) is 17.2 Å². The Balaban J connectivity index is 2.18. The van der Waals surface area contributed by atoms with Crippen molar-refractivity contribution < 1.29 is 13.3 Å². The molecule has 0 heterocycles. The Morgan fingerprint density at radius 2 is 1.81 bits per heavy atom. The first-order chi connectivity index (χ1) is 10.00. The summed E-state index contributed by atoms with van der Waals surface area (Å²) in [7, 11) is -4.05. The second kappa shape index (κ2) is 4.80. The number of allylic oxidation sites excluding steroid dienone is 3. The maximum Gasteiger partial charge on any atom is 0.330 e. The van der Waals surface area contributed by atoms with Gasteiger partial charge < -0.3 is 0 Å². The lowest BCUT2D eigenvalue weighted by atomic mass is 9.89. The summed E-state index contributed by atoms with van der Waals surface area (Å²) >= 11 is 0. The summed E-state index contributed by atoms with van der Waals surface area (Å²) in [6.45, 7) is 0. The second-order valence-corrected chi connectivity index (χ2v) is 7.60. The highest BCUT2D eigenvalue weighted by molar-refractivity contribution is 7.92. The Kier molecular flexibility index (Phi) is 3.20. The van der Waals surface area contributed by atoms with Gasteiger partial charge >= 0.3 is 4.87 Å². The maximum atomic E-state index is 13.0. The minimum absolute atomic E-state index is 0.0188. The zero-order valence-electron chi connectivity index (χ0n) is 11.3.